The molecule has 4 atom stereocenters. The molecule has 0 aromatic heterocycles. The second-order valence-corrected chi connectivity index (χ2v) is 5.48. The van der Waals surface area contributed by atoms with Crippen molar-refractivity contribution in [2.45, 2.75) is 25.7 Å². The van der Waals surface area contributed by atoms with Crippen molar-refractivity contribution >= 4 is 0 Å². The number of aliphatic hydroxyl groups is 1. The quantitative estimate of drug-likeness (QED) is 0.819. The number of aliphatic hydroxyl groups excluding tert-OH is 1. The molecule has 21 heavy (non-hydrogen) atoms. The van der Waals surface area contributed by atoms with E-state index < -0.39 is 6.29 Å². The summed E-state index contributed by atoms with van der Waals surface area (Å²) in [5.74, 6) is 1.11. The van der Waals surface area contributed by atoms with Crippen molar-refractivity contribution in [1.29, 1.82) is 0 Å². The first-order chi connectivity index (χ1) is 10.2. The van der Waals surface area contributed by atoms with Gasteiger partial charge in [-0.25, -0.2) is 0 Å². The van der Waals surface area contributed by atoms with E-state index in [0.717, 1.165) is 17.7 Å². The Morgan fingerprint density at radius 3 is 2.71 bits per heavy atom. The van der Waals surface area contributed by atoms with Gasteiger partial charge < -0.3 is 19.3 Å². The van der Waals surface area contributed by atoms with Crippen molar-refractivity contribution in [3.05, 3.63) is 42.5 Å². The van der Waals surface area contributed by atoms with Gasteiger partial charge in [0.25, 0.3) is 0 Å². The molecule has 116 valence electrons. The molecule has 0 radical (unpaired) electrons. The highest BCUT2D eigenvalue weighted by atomic mass is 16.7. The molecule has 4 nitrogen and oxygen atoms in total. The number of allylic oxidation sites excluding steroid dienone is 1. The van der Waals surface area contributed by atoms with Crippen molar-refractivity contribution < 1.29 is 19.3 Å². The molecule has 0 spiro atoms. The predicted octanol–water partition coefficient (Wildman–Crippen LogP) is 2.93. The molecule has 0 bridgehead atoms. The van der Waals surface area contributed by atoms with Crippen LogP contribution in [-0.2, 0) is 9.47 Å². The van der Waals surface area contributed by atoms with Gasteiger partial charge in [-0.1, -0.05) is 25.1 Å². The van der Waals surface area contributed by atoms with Crippen LogP contribution in [0, 0.1) is 11.8 Å². The zero-order valence-electron chi connectivity index (χ0n) is 12.7. The van der Waals surface area contributed by atoms with Gasteiger partial charge in [0.15, 0.2) is 6.29 Å². The fourth-order valence-electron chi connectivity index (χ4n) is 2.69. The second-order valence-electron chi connectivity index (χ2n) is 5.48. The maximum absolute atomic E-state index is 9.57. The lowest BCUT2D eigenvalue weighted by atomic mass is 9.89. The van der Waals surface area contributed by atoms with Gasteiger partial charge in [-0.3, -0.25) is 0 Å². The lowest BCUT2D eigenvalue weighted by Gasteiger charge is -2.38. The van der Waals surface area contributed by atoms with Crippen LogP contribution in [0.1, 0.15) is 25.2 Å². The van der Waals surface area contributed by atoms with Gasteiger partial charge in [0.05, 0.1) is 19.8 Å². The first-order valence-corrected chi connectivity index (χ1v) is 7.32. The van der Waals surface area contributed by atoms with Crippen LogP contribution >= 0.6 is 0 Å². The highest BCUT2D eigenvalue weighted by Crippen LogP contribution is 2.34. The van der Waals surface area contributed by atoms with E-state index in [9.17, 15) is 5.11 Å². The molecule has 1 N–H and O–H groups in total. The van der Waals surface area contributed by atoms with Crippen molar-refractivity contribution in [2.75, 3.05) is 20.3 Å². The highest BCUT2D eigenvalue weighted by Gasteiger charge is 2.34. The molecule has 0 amide bonds. The number of rotatable bonds is 6. The van der Waals surface area contributed by atoms with Crippen molar-refractivity contribution in [2.24, 2.45) is 11.8 Å². The van der Waals surface area contributed by atoms with E-state index in [1.54, 1.807) is 7.11 Å². The Kier molecular flexibility index (Phi) is 5.79. The zero-order valence-corrected chi connectivity index (χ0v) is 12.7. The minimum absolute atomic E-state index is 0.0335. The number of hydrogen-bond acceptors (Lipinski definition) is 4. The standard InChI is InChI=1S/C17H24O4/c1-4-5-14(10-18)16-12(2)11-20-17(21-16)13-6-8-15(19-3)9-7-13/h4,6-9,12,14,16-18H,1,5,10-11H2,2-3H3/t12-,14+,16+,17?/m0/s1. The Hall–Kier alpha value is -1.36. The SMILES string of the molecule is C=CC[C@H](CO)[C@@H]1OC(c2ccc(OC)cc2)OC[C@@H]1C. The van der Waals surface area contributed by atoms with Gasteiger partial charge in [-0.2, -0.15) is 0 Å². The topological polar surface area (TPSA) is 47.9 Å². The van der Waals surface area contributed by atoms with Gasteiger partial charge in [-0.05, 0) is 18.6 Å². The van der Waals surface area contributed by atoms with Crippen LogP contribution in [0.15, 0.2) is 36.9 Å². The Balaban J connectivity index is 2.09. The van der Waals surface area contributed by atoms with E-state index in [4.69, 9.17) is 14.2 Å². The average molecular weight is 292 g/mol. The maximum Gasteiger partial charge on any atom is 0.184 e. The Morgan fingerprint density at radius 2 is 2.14 bits per heavy atom. The highest BCUT2D eigenvalue weighted by molar-refractivity contribution is 5.28. The molecule has 1 aliphatic heterocycles. The summed E-state index contributed by atoms with van der Waals surface area (Å²) in [7, 11) is 1.64. The largest absolute Gasteiger partial charge is 0.497 e. The lowest BCUT2D eigenvalue weighted by Crippen LogP contribution is -2.40. The fourth-order valence-corrected chi connectivity index (χ4v) is 2.69. The van der Waals surface area contributed by atoms with Crippen LogP contribution in [0.25, 0.3) is 0 Å². The maximum atomic E-state index is 9.57. The summed E-state index contributed by atoms with van der Waals surface area (Å²) in [6, 6.07) is 7.67. The average Bonchev–Trinajstić information content (AvgIpc) is 2.53. The number of ether oxygens (including phenoxy) is 3. The summed E-state index contributed by atoms with van der Waals surface area (Å²) in [5, 5.41) is 9.57. The first kappa shape index (κ1) is 16.0. The third-order valence-electron chi connectivity index (χ3n) is 3.91. The molecule has 0 aliphatic carbocycles. The summed E-state index contributed by atoms with van der Waals surface area (Å²) in [6.45, 7) is 6.55. The Morgan fingerprint density at radius 1 is 1.43 bits per heavy atom. The third kappa shape index (κ3) is 3.84. The summed E-state index contributed by atoms with van der Waals surface area (Å²) in [4.78, 5) is 0. The number of benzene rings is 1. The molecule has 4 heteroatoms. The van der Waals surface area contributed by atoms with Crippen molar-refractivity contribution in [3.8, 4) is 5.75 Å². The van der Waals surface area contributed by atoms with E-state index in [1.165, 1.54) is 0 Å². The minimum atomic E-state index is -0.393. The van der Waals surface area contributed by atoms with Crippen LogP contribution in [0.5, 0.6) is 5.75 Å². The summed E-state index contributed by atoms with van der Waals surface area (Å²) < 4.78 is 17.0. The Bertz CT molecular complexity index is 443. The summed E-state index contributed by atoms with van der Waals surface area (Å²) in [6.07, 6.45) is 2.14. The molecular formula is C17H24O4. The first-order valence-electron chi connectivity index (χ1n) is 7.32. The van der Waals surface area contributed by atoms with E-state index in [1.807, 2.05) is 30.3 Å². The zero-order chi connectivity index (χ0) is 15.2. The van der Waals surface area contributed by atoms with Crippen LogP contribution in [0.2, 0.25) is 0 Å². The van der Waals surface area contributed by atoms with Gasteiger partial charge >= 0.3 is 0 Å². The summed E-state index contributed by atoms with van der Waals surface area (Å²) in [5.41, 5.74) is 0.961. The van der Waals surface area contributed by atoms with Gasteiger partial charge in [0.2, 0.25) is 0 Å². The smallest absolute Gasteiger partial charge is 0.184 e. The molecule has 1 aromatic carbocycles. The third-order valence-corrected chi connectivity index (χ3v) is 3.91. The molecule has 1 saturated heterocycles. The summed E-state index contributed by atoms with van der Waals surface area (Å²) >= 11 is 0. The van der Waals surface area contributed by atoms with Crippen LogP contribution in [0.4, 0.5) is 0 Å². The molecule has 0 saturated carbocycles. The van der Waals surface area contributed by atoms with E-state index in [-0.39, 0.29) is 24.5 Å². The molecule has 1 heterocycles. The van der Waals surface area contributed by atoms with Gasteiger partial charge in [0, 0.05) is 24.0 Å². The molecule has 1 aliphatic rings. The predicted molar refractivity (Wildman–Crippen MR) is 81.1 cm³/mol. The molecule has 1 unspecified atom stereocenters. The molecular weight excluding hydrogens is 268 g/mol. The number of hydrogen-bond donors (Lipinski definition) is 1. The molecule has 1 aromatic rings. The Labute approximate surface area is 126 Å². The normalized spacial score (nSPS) is 27.1. The molecule has 1 fully saturated rings. The fraction of sp³-hybridized carbons (Fsp3) is 0.529. The van der Waals surface area contributed by atoms with Crippen LogP contribution in [0.3, 0.4) is 0 Å². The number of methoxy groups -OCH3 is 1. The van der Waals surface area contributed by atoms with Gasteiger partial charge in [0.1, 0.15) is 5.75 Å². The van der Waals surface area contributed by atoms with E-state index in [2.05, 4.69) is 13.5 Å². The minimum Gasteiger partial charge on any atom is -0.497 e. The van der Waals surface area contributed by atoms with Crippen LogP contribution in [-0.4, -0.2) is 31.5 Å². The van der Waals surface area contributed by atoms with Crippen molar-refractivity contribution in [1.82, 2.24) is 0 Å². The van der Waals surface area contributed by atoms with E-state index in [0.29, 0.717) is 6.61 Å². The van der Waals surface area contributed by atoms with Gasteiger partial charge in [-0.15, -0.1) is 6.58 Å². The monoisotopic (exact) mass is 292 g/mol. The van der Waals surface area contributed by atoms with Crippen molar-refractivity contribution in [3.63, 3.8) is 0 Å². The second kappa shape index (κ2) is 7.59. The lowest BCUT2D eigenvalue weighted by molar-refractivity contribution is -0.252. The van der Waals surface area contributed by atoms with Crippen LogP contribution < -0.4 is 4.74 Å². The van der Waals surface area contributed by atoms with E-state index >= 15 is 0 Å². The molecule has 2 rings (SSSR count).